The number of hydrogen-bond donors (Lipinski definition) is 0. The minimum Gasteiger partial charge on any atom is -0.293 e. The molecule has 0 radical (unpaired) electrons. The Hall–Kier alpha value is -1.72. The van der Waals surface area contributed by atoms with E-state index in [4.69, 9.17) is 11.6 Å². The van der Waals surface area contributed by atoms with E-state index in [2.05, 4.69) is 0 Å². The lowest BCUT2D eigenvalue weighted by molar-refractivity contribution is 0.101. The Labute approximate surface area is 127 Å². The molecule has 0 heterocycles. The lowest BCUT2D eigenvalue weighted by Gasteiger charge is -2.05. The molecule has 3 nitrogen and oxygen atoms in total. The van der Waals surface area contributed by atoms with Gasteiger partial charge in [-0.1, -0.05) is 35.9 Å². The molecule has 21 heavy (non-hydrogen) atoms. The molecule has 0 saturated heterocycles. The molecule has 0 aliphatic heterocycles. The third-order valence-corrected chi connectivity index (χ3v) is 4.55. The lowest BCUT2D eigenvalue weighted by Crippen LogP contribution is -2.18. The van der Waals surface area contributed by atoms with Gasteiger partial charge < -0.3 is 0 Å². The van der Waals surface area contributed by atoms with Crippen LogP contribution in [0.4, 0.5) is 4.39 Å². The summed E-state index contributed by atoms with van der Waals surface area (Å²) in [6.45, 7) is 0. The van der Waals surface area contributed by atoms with Crippen LogP contribution in [-0.2, 0) is 15.6 Å². The van der Waals surface area contributed by atoms with E-state index in [9.17, 15) is 17.6 Å². The third-order valence-electron chi connectivity index (χ3n) is 2.83. The van der Waals surface area contributed by atoms with Gasteiger partial charge in [-0.25, -0.2) is 12.8 Å². The Kier molecular flexibility index (Phi) is 4.75. The molecule has 2 aromatic rings. The van der Waals surface area contributed by atoms with E-state index in [1.807, 2.05) is 0 Å². The molecule has 2 rings (SSSR count). The van der Waals surface area contributed by atoms with Gasteiger partial charge in [-0.3, -0.25) is 4.79 Å². The van der Waals surface area contributed by atoms with Crippen molar-refractivity contribution in [2.75, 3.05) is 5.75 Å². The highest BCUT2D eigenvalue weighted by molar-refractivity contribution is 7.91. The molecular formula is C15H12ClFO3S. The number of hydrogen-bond acceptors (Lipinski definition) is 3. The number of ketones is 1. The largest absolute Gasteiger partial charge is 0.293 e. The summed E-state index contributed by atoms with van der Waals surface area (Å²) < 4.78 is 37.5. The van der Waals surface area contributed by atoms with E-state index in [0.717, 1.165) is 6.07 Å². The van der Waals surface area contributed by atoms with Gasteiger partial charge in [0.25, 0.3) is 0 Å². The Morgan fingerprint density at radius 3 is 2.29 bits per heavy atom. The zero-order valence-electron chi connectivity index (χ0n) is 10.9. The van der Waals surface area contributed by atoms with Gasteiger partial charge in [-0.2, -0.15) is 0 Å². The second-order valence-electron chi connectivity index (χ2n) is 4.56. The minimum atomic E-state index is -3.67. The molecule has 110 valence electrons. The Balaban J connectivity index is 2.12. The molecule has 2 aromatic carbocycles. The van der Waals surface area contributed by atoms with E-state index >= 15 is 0 Å². The Morgan fingerprint density at radius 1 is 1.05 bits per heavy atom. The second-order valence-corrected chi connectivity index (χ2v) is 7.06. The molecule has 0 aliphatic rings. The summed E-state index contributed by atoms with van der Waals surface area (Å²) in [5, 5.41) is 0.499. The van der Waals surface area contributed by atoms with E-state index < -0.39 is 27.2 Å². The number of carbonyl (C=O) groups excluding carboxylic acids is 1. The molecule has 0 saturated carbocycles. The van der Waals surface area contributed by atoms with Gasteiger partial charge in [0.15, 0.2) is 15.6 Å². The molecular weight excluding hydrogens is 315 g/mol. The van der Waals surface area contributed by atoms with Crippen LogP contribution in [0.1, 0.15) is 15.9 Å². The highest BCUT2D eigenvalue weighted by atomic mass is 35.5. The van der Waals surface area contributed by atoms with E-state index in [1.165, 1.54) is 18.2 Å². The minimum absolute atomic E-state index is 0.211. The molecule has 0 atom stereocenters. The number of halogens is 2. The van der Waals surface area contributed by atoms with Crippen molar-refractivity contribution in [3.63, 3.8) is 0 Å². The SMILES string of the molecule is O=C(CS(=O)(=O)Cc1ccc(Cl)cc1)c1ccccc1F. The zero-order valence-corrected chi connectivity index (χ0v) is 12.5. The topological polar surface area (TPSA) is 51.2 Å². The molecule has 0 unspecified atom stereocenters. The fourth-order valence-electron chi connectivity index (χ4n) is 1.85. The van der Waals surface area contributed by atoms with Crippen molar-refractivity contribution in [2.24, 2.45) is 0 Å². The first-order valence-corrected chi connectivity index (χ1v) is 8.30. The number of rotatable bonds is 5. The van der Waals surface area contributed by atoms with Crippen LogP contribution in [0.25, 0.3) is 0 Å². The molecule has 0 spiro atoms. The lowest BCUT2D eigenvalue weighted by atomic mass is 10.1. The van der Waals surface area contributed by atoms with Crippen molar-refractivity contribution in [3.05, 3.63) is 70.5 Å². The van der Waals surface area contributed by atoms with Crippen LogP contribution in [0.5, 0.6) is 0 Å². The first-order valence-electron chi connectivity index (χ1n) is 6.10. The van der Waals surface area contributed by atoms with Crippen molar-refractivity contribution < 1.29 is 17.6 Å². The van der Waals surface area contributed by atoms with Crippen LogP contribution in [0.2, 0.25) is 5.02 Å². The fourth-order valence-corrected chi connectivity index (χ4v) is 3.33. The van der Waals surface area contributed by atoms with Gasteiger partial charge >= 0.3 is 0 Å². The third kappa shape index (κ3) is 4.37. The average Bonchev–Trinajstić information content (AvgIpc) is 2.41. The van der Waals surface area contributed by atoms with Gasteiger partial charge in [-0.05, 0) is 29.8 Å². The maximum Gasteiger partial charge on any atom is 0.180 e. The summed E-state index contributed by atoms with van der Waals surface area (Å²) >= 11 is 5.72. The smallest absolute Gasteiger partial charge is 0.180 e. The van der Waals surface area contributed by atoms with Crippen molar-refractivity contribution in [1.29, 1.82) is 0 Å². The summed E-state index contributed by atoms with van der Waals surface area (Å²) in [7, 11) is -3.67. The maximum absolute atomic E-state index is 13.5. The van der Waals surface area contributed by atoms with Gasteiger partial charge in [0, 0.05) is 5.02 Å². The molecule has 0 N–H and O–H groups in total. The first-order chi connectivity index (χ1) is 9.87. The van der Waals surface area contributed by atoms with E-state index in [-0.39, 0.29) is 11.3 Å². The predicted molar refractivity (Wildman–Crippen MR) is 79.7 cm³/mol. The van der Waals surface area contributed by atoms with Crippen LogP contribution < -0.4 is 0 Å². The van der Waals surface area contributed by atoms with Crippen LogP contribution in [-0.4, -0.2) is 20.0 Å². The van der Waals surface area contributed by atoms with Gasteiger partial charge in [-0.15, -0.1) is 0 Å². The number of carbonyl (C=O) groups is 1. The maximum atomic E-state index is 13.5. The van der Waals surface area contributed by atoms with E-state index in [0.29, 0.717) is 10.6 Å². The summed E-state index contributed by atoms with van der Waals surface area (Å²) in [5.74, 6) is -2.48. The van der Waals surface area contributed by atoms with Gasteiger partial charge in [0.1, 0.15) is 11.6 Å². The monoisotopic (exact) mass is 326 g/mol. The van der Waals surface area contributed by atoms with Gasteiger partial charge in [0.05, 0.1) is 11.3 Å². The summed E-state index contributed by atoms with van der Waals surface area (Å²) in [6.07, 6.45) is 0. The number of sulfone groups is 1. The molecule has 0 amide bonds. The summed E-state index contributed by atoms with van der Waals surface area (Å²) in [5.41, 5.74) is 0.318. The first kappa shape index (κ1) is 15.7. The van der Waals surface area contributed by atoms with Crippen molar-refractivity contribution in [3.8, 4) is 0 Å². The quantitative estimate of drug-likeness (QED) is 0.792. The molecule has 0 fully saturated rings. The van der Waals surface area contributed by atoms with Crippen molar-refractivity contribution in [1.82, 2.24) is 0 Å². The molecule has 0 aliphatic carbocycles. The molecule has 0 bridgehead atoms. The highest BCUT2D eigenvalue weighted by Crippen LogP contribution is 2.14. The van der Waals surface area contributed by atoms with Crippen LogP contribution in [0.3, 0.4) is 0 Å². The standard InChI is InChI=1S/C15H12ClFO3S/c16-12-7-5-11(6-8-12)9-21(19,20)10-15(18)13-3-1-2-4-14(13)17/h1-8H,9-10H2. The van der Waals surface area contributed by atoms with Crippen LogP contribution in [0, 0.1) is 5.82 Å². The van der Waals surface area contributed by atoms with Crippen LogP contribution in [0.15, 0.2) is 48.5 Å². The summed E-state index contributed by atoms with van der Waals surface area (Å²) in [6, 6.07) is 11.6. The Bertz CT molecular complexity index is 755. The predicted octanol–water partition coefficient (Wildman–Crippen LogP) is 3.28. The highest BCUT2D eigenvalue weighted by Gasteiger charge is 2.20. The number of Topliss-reactive ketones (excluding diaryl/α,β-unsaturated/α-hetero) is 1. The zero-order chi connectivity index (χ0) is 15.5. The van der Waals surface area contributed by atoms with Crippen molar-refractivity contribution in [2.45, 2.75) is 5.75 Å². The van der Waals surface area contributed by atoms with Crippen LogP contribution >= 0.6 is 11.6 Å². The normalized spacial score (nSPS) is 11.3. The van der Waals surface area contributed by atoms with Gasteiger partial charge in [0.2, 0.25) is 0 Å². The summed E-state index contributed by atoms with van der Waals surface area (Å²) in [4.78, 5) is 11.9. The molecule has 6 heteroatoms. The number of benzene rings is 2. The van der Waals surface area contributed by atoms with E-state index in [1.54, 1.807) is 24.3 Å². The Morgan fingerprint density at radius 2 is 1.67 bits per heavy atom. The molecule has 0 aromatic heterocycles. The second kappa shape index (κ2) is 6.37. The average molecular weight is 327 g/mol. The fraction of sp³-hybridized carbons (Fsp3) is 0.133. The van der Waals surface area contributed by atoms with Crippen molar-refractivity contribution >= 4 is 27.2 Å².